The molecular weight excluding hydrogens is 260 g/mol. The third-order valence-corrected chi connectivity index (χ3v) is 6.57. The monoisotopic (exact) mass is 284 g/mol. The highest BCUT2D eigenvalue weighted by Gasteiger charge is 2.43. The van der Waals surface area contributed by atoms with E-state index in [9.17, 15) is 0 Å². The number of hydrogen-bond donors (Lipinski definition) is 0. The molecule has 0 nitrogen and oxygen atoms in total. The van der Waals surface area contributed by atoms with E-state index in [2.05, 4.69) is 22.9 Å². The van der Waals surface area contributed by atoms with Gasteiger partial charge in [-0.1, -0.05) is 29.3 Å². The van der Waals surface area contributed by atoms with Crippen molar-refractivity contribution in [3.05, 3.63) is 0 Å². The van der Waals surface area contributed by atoms with Gasteiger partial charge in [0.2, 0.25) is 0 Å². The Balaban J connectivity index is 1.71. The fourth-order valence-electron chi connectivity index (χ4n) is 4.97. The largest absolute Gasteiger partial charge is 0.0891 e. The molecule has 4 unspecified atom stereocenters. The Kier molecular flexibility index (Phi) is 3.35. The van der Waals surface area contributed by atoms with Crippen LogP contribution in [-0.2, 0) is 0 Å². The first kappa shape index (κ1) is 11.6. The summed E-state index contributed by atoms with van der Waals surface area (Å²) in [6, 6.07) is 0. The van der Waals surface area contributed by atoms with Crippen LogP contribution in [0.15, 0.2) is 0 Å². The van der Waals surface area contributed by atoms with Gasteiger partial charge >= 0.3 is 0 Å². The summed E-state index contributed by atoms with van der Waals surface area (Å²) in [6.45, 7) is 2.47. The van der Waals surface area contributed by atoms with Gasteiger partial charge in [0.25, 0.3) is 0 Å². The molecule has 3 rings (SSSR count). The molecule has 3 fully saturated rings. The zero-order valence-electron chi connectivity index (χ0n) is 10.5. The van der Waals surface area contributed by atoms with Crippen molar-refractivity contribution in [3.63, 3.8) is 0 Å². The zero-order valence-corrected chi connectivity index (χ0v) is 12.1. The summed E-state index contributed by atoms with van der Waals surface area (Å²) in [6.07, 6.45) is 12.2. The third kappa shape index (κ3) is 2.09. The van der Waals surface area contributed by atoms with Gasteiger partial charge < -0.3 is 0 Å². The molecule has 1 heteroatoms. The first-order chi connectivity index (χ1) is 7.74. The maximum atomic E-state index is 3.85. The van der Waals surface area contributed by atoms with Gasteiger partial charge in [0, 0.05) is 4.83 Å². The van der Waals surface area contributed by atoms with Crippen molar-refractivity contribution in [2.45, 2.75) is 63.1 Å². The van der Waals surface area contributed by atoms with E-state index in [1.807, 2.05) is 0 Å². The molecule has 0 heterocycles. The highest BCUT2D eigenvalue weighted by Crippen LogP contribution is 2.52. The molecule has 0 amide bonds. The summed E-state index contributed by atoms with van der Waals surface area (Å²) in [7, 11) is 0. The van der Waals surface area contributed by atoms with Gasteiger partial charge in [-0.2, -0.15) is 0 Å². The van der Waals surface area contributed by atoms with Gasteiger partial charge in [0.05, 0.1) is 0 Å². The Morgan fingerprint density at radius 3 is 2.12 bits per heavy atom. The summed E-state index contributed by atoms with van der Waals surface area (Å²) in [4.78, 5) is 0.841. The Labute approximate surface area is 109 Å². The quantitative estimate of drug-likeness (QED) is 0.549. The lowest BCUT2D eigenvalue weighted by Gasteiger charge is -2.50. The van der Waals surface area contributed by atoms with Crippen LogP contribution in [0.5, 0.6) is 0 Å². The first-order valence-electron chi connectivity index (χ1n) is 7.38. The van der Waals surface area contributed by atoms with Crippen molar-refractivity contribution in [1.29, 1.82) is 0 Å². The molecule has 16 heavy (non-hydrogen) atoms. The maximum absolute atomic E-state index is 3.85. The van der Waals surface area contributed by atoms with Crippen LogP contribution in [0.25, 0.3) is 0 Å². The van der Waals surface area contributed by atoms with E-state index in [0.29, 0.717) is 0 Å². The Hall–Kier alpha value is 0.480. The standard InChI is InChI=1S/C15H25Br/c1-10-2-6-14-11(8-10)3-4-12-9-13(16)5-7-15(12)14/h10-15H,2-9H2,1H3/t10-,11?,12?,13-,14?,15?/m0/s1. The van der Waals surface area contributed by atoms with Crippen LogP contribution in [-0.4, -0.2) is 4.83 Å². The average molecular weight is 285 g/mol. The summed E-state index contributed by atoms with van der Waals surface area (Å²) >= 11 is 3.85. The Morgan fingerprint density at radius 1 is 0.750 bits per heavy atom. The van der Waals surface area contributed by atoms with E-state index < -0.39 is 0 Å². The van der Waals surface area contributed by atoms with Gasteiger partial charge in [-0.15, -0.1) is 0 Å². The van der Waals surface area contributed by atoms with Gasteiger partial charge in [-0.25, -0.2) is 0 Å². The molecule has 3 saturated carbocycles. The van der Waals surface area contributed by atoms with Crippen LogP contribution in [0, 0.1) is 29.6 Å². The molecule has 0 aromatic carbocycles. The van der Waals surface area contributed by atoms with Crippen LogP contribution < -0.4 is 0 Å². The number of halogens is 1. The van der Waals surface area contributed by atoms with Gasteiger partial charge in [0.15, 0.2) is 0 Å². The molecule has 3 aliphatic rings. The molecule has 0 aliphatic heterocycles. The lowest BCUT2D eigenvalue weighted by Crippen LogP contribution is -2.41. The zero-order chi connectivity index (χ0) is 11.1. The molecule has 3 aliphatic carbocycles. The highest BCUT2D eigenvalue weighted by molar-refractivity contribution is 9.09. The normalized spacial score (nSPS) is 52.9. The number of rotatable bonds is 0. The van der Waals surface area contributed by atoms with E-state index in [1.165, 1.54) is 25.7 Å². The lowest BCUT2D eigenvalue weighted by molar-refractivity contribution is 0.0163. The van der Waals surface area contributed by atoms with E-state index in [0.717, 1.165) is 34.4 Å². The van der Waals surface area contributed by atoms with Crippen LogP contribution in [0.4, 0.5) is 0 Å². The van der Waals surface area contributed by atoms with E-state index in [4.69, 9.17) is 0 Å². The number of alkyl halides is 1. The second kappa shape index (κ2) is 4.63. The minimum Gasteiger partial charge on any atom is -0.0891 e. The molecule has 0 N–H and O–H groups in total. The number of fused-ring (bicyclic) bond motifs is 3. The van der Waals surface area contributed by atoms with Crippen LogP contribution in [0.1, 0.15) is 58.3 Å². The molecule has 0 radical (unpaired) electrons. The minimum atomic E-state index is 0.841. The van der Waals surface area contributed by atoms with E-state index >= 15 is 0 Å². The maximum Gasteiger partial charge on any atom is 0.0148 e. The molecule has 0 bridgehead atoms. The smallest absolute Gasteiger partial charge is 0.0148 e. The first-order valence-corrected chi connectivity index (χ1v) is 8.29. The van der Waals surface area contributed by atoms with Gasteiger partial charge in [0.1, 0.15) is 0 Å². The van der Waals surface area contributed by atoms with Crippen molar-refractivity contribution < 1.29 is 0 Å². The predicted molar refractivity (Wildman–Crippen MR) is 72.8 cm³/mol. The summed E-state index contributed by atoms with van der Waals surface area (Å²) in [5.74, 6) is 5.44. The molecule has 6 atom stereocenters. The third-order valence-electron chi connectivity index (χ3n) is 5.74. The second-order valence-corrected chi connectivity index (χ2v) is 8.05. The molecular formula is C15H25Br. The summed E-state index contributed by atoms with van der Waals surface area (Å²) in [5.41, 5.74) is 0. The SMILES string of the molecule is C[C@H]1CCC2C(CCC3C[C@@H](Br)CCC32)C1. The molecule has 92 valence electrons. The molecule has 0 aromatic heterocycles. The lowest BCUT2D eigenvalue weighted by atomic mass is 9.57. The Bertz CT molecular complexity index is 224. The van der Waals surface area contributed by atoms with Crippen molar-refractivity contribution in [3.8, 4) is 0 Å². The van der Waals surface area contributed by atoms with Crippen molar-refractivity contribution >= 4 is 15.9 Å². The van der Waals surface area contributed by atoms with E-state index in [-0.39, 0.29) is 0 Å². The fraction of sp³-hybridized carbons (Fsp3) is 1.00. The van der Waals surface area contributed by atoms with Crippen LogP contribution in [0.2, 0.25) is 0 Å². The topological polar surface area (TPSA) is 0 Å². The van der Waals surface area contributed by atoms with Crippen molar-refractivity contribution in [2.24, 2.45) is 29.6 Å². The number of hydrogen-bond acceptors (Lipinski definition) is 0. The summed E-state index contributed by atoms with van der Waals surface area (Å²) < 4.78 is 0. The van der Waals surface area contributed by atoms with Crippen molar-refractivity contribution in [1.82, 2.24) is 0 Å². The second-order valence-electron chi connectivity index (χ2n) is 6.75. The molecule has 0 aromatic rings. The minimum absolute atomic E-state index is 0.841. The van der Waals surface area contributed by atoms with Crippen LogP contribution in [0.3, 0.4) is 0 Å². The van der Waals surface area contributed by atoms with Gasteiger partial charge in [-0.05, 0) is 74.5 Å². The predicted octanol–water partition coefficient (Wildman–Crippen LogP) is 5.01. The highest BCUT2D eigenvalue weighted by atomic mass is 79.9. The summed E-state index contributed by atoms with van der Waals surface area (Å²) in [5, 5.41) is 0. The van der Waals surface area contributed by atoms with Crippen LogP contribution >= 0.6 is 15.9 Å². The Morgan fingerprint density at radius 2 is 1.38 bits per heavy atom. The molecule has 0 saturated heterocycles. The van der Waals surface area contributed by atoms with Crippen molar-refractivity contribution in [2.75, 3.05) is 0 Å². The fourth-order valence-corrected chi connectivity index (χ4v) is 5.72. The average Bonchev–Trinajstić information content (AvgIpc) is 2.28. The van der Waals surface area contributed by atoms with Gasteiger partial charge in [-0.3, -0.25) is 0 Å². The molecule has 0 spiro atoms. The van der Waals surface area contributed by atoms with E-state index in [1.54, 1.807) is 25.7 Å².